The first-order chi connectivity index (χ1) is 6.74. The molecule has 3 unspecified atom stereocenters. The van der Waals surface area contributed by atoms with Crippen LogP contribution in [0, 0.1) is 6.61 Å². The van der Waals surface area contributed by atoms with E-state index in [0.29, 0.717) is 6.61 Å². The van der Waals surface area contributed by atoms with Gasteiger partial charge in [0.2, 0.25) is 0 Å². The van der Waals surface area contributed by atoms with E-state index in [2.05, 4.69) is 0 Å². The van der Waals surface area contributed by atoms with Crippen molar-refractivity contribution in [2.45, 2.75) is 38.3 Å². The first-order valence-electron chi connectivity index (χ1n) is 4.90. The Labute approximate surface area is 85.5 Å². The quantitative estimate of drug-likeness (QED) is 0.683. The molecule has 14 heavy (non-hydrogen) atoms. The minimum absolute atomic E-state index is 0.00273. The average Bonchev–Trinajstić information content (AvgIpc) is 2.19. The summed E-state index contributed by atoms with van der Waals surface area (Å²) in [6.45, 7) is 6.24. The van der Waals surface area contributed by atoms with Crippen molar-refractivity contribution in [2.75, 3.05) is 20.8 Å². The van der Waals surface area contributed by atoms with Gasteiger partial charge < -0.3 is 18.9 Å². The SMILES string of the molecule is CCOC1C(OC)[CH]OC(C)[C@@H]1OC. The molecule has 0 aromatic heterocycles. The molecule has 1 heterocycles. The average molecular weight is 203 g/mol. The maximum atomic E-state index is 5.60. The summed E-state index contributed by atoms with van der Waals surface area (Å²) in [5.74, 6) is 0. The van der Waals surface area contributed by atoms with Gasteiger partial charge in [-0.05, 0) is 13.8 Å². The van der Waals surface area contributed by atoms with Gasteiger partial charge in [-0.25, -0.2) is 0 Å². The van der Waals surface area contributed by atoms with Crippen LogP contribution in [0.2, 0.25) is 0 Å². The van der Waals surface area contributed by atoms with Crippen LogP contribution >= 0.6 is 0 Å². The van der Waals surface area contributed by atoms with Crippen LogP contribution in [0.15, 0.2) is 0 Å². The molecule has 0 spiro atoms. The van der Waals surface area contributed by atoms with Gasteiger partial charge in [-0.3, -0.25) is 0 Å². The fourth-order valence-corrected chi connectivity index (χ4v) is 1.71. The molecule has 1 aliphatic rings. The Morgan fingerprint density at radius 2 is 1.93 bits per heavy atom. The molecule has 1 saturated heterocycles. The molecule has 1 rings (SSSR count). The third kappa shape index (κ3) is 2.45. The van der Waals surface area contributed by atoms with Gasteiger partial charge in [-0.1, -0.05) is 0 Å². The maximum absolute atomic E-state index is 5.60. The van der Waals surface area contributed by atoms with Gasteiger partial charge in [0.15, 0.2) is 0 Å². The summed E-state index contributed by atoms with van der Waals surface area (Å²) in [7, 11) is 3.30. The van der Waals surface area contributed by atoms with Gasteiger partial charge in [0.05, 0.1) is 6.10 Å². The fourth-order valence-electron chi connectivity index (χ4n) is 1.71. The summed E-state index contributed by atoms with van der Waals surface area (Å²) in [5.41, 5.74) is 0. The molecule has 4 heteroatoms. The van der Waals surface area contributed by atoms with Crippen LogP contribution < -0.4 is 0 Å². The van der Waals surface area contributed by atoms with Gasteiger partial charge in [0.1, 0.15) is 24.9 Å². The van der Waals surface area contributed by atoms with Crippen molar-refractivity contribution in [1.82, 2.24) is 0 Å². The standard InChI is InChI=1S/C10H19O4/c1-5-13-10-8(11-3)6-14-7(2)9(10)12-4/h6-10H,5H2,1-4H3/t7?,8?,9-,10?/m0/s1. The van der Waals surface area contributed by atoms with Crippen LogP contribution in [0.1, 0.15) is 13.8 Å². The zero-order chi connectivity index (χ0) is 10.6. The van der Waals surface area contributed by atoms with Gasteiger partial charge in [0.25, 0.3) is 0 Å². The van der Waals surface area contributed by atoms with Crippen molar-refractivity contribution >= 4 is 0 Å². The second-order valence-electron chi connectivity index (χ2n) is 3.30. The summed E-state index contributed by atoms with van der Waals surface area (Å²) < 4.78 is 21.6. The molecule has 83 valence electrons. The molecule has 0 aromatic carbocycles. The molecule has 1 fully saturated rings. The zero-order valence-corrected chi connectivity index (χ0v) is 9.23. The predicted molar refractivity (Wildman–Crippen MR) is 51.9 cm³/mol. The first kappa shape index (κ1) is 11.9. The Kier molecular flexibility index (Phi) is 4.81. The molecule has 4 nitrogen and oxygen atoms in total. The second kappa shape index (κ2) is 5.66. The number of rotatable bonds is 4. The predicted octanol–water partition coefficient (Wildman–Crippen LogP) is 1.00. The molecule has 1 radical (unpaired) electrons. The lowest BCUT2D eigenvalue weighted by atomic mass is 10.0. The normalized spacial score (nSPS) is 38.6. The van der Waals surface area contributed by atoms with Crippen molar-refractivity contribution in [3.8, 4) is 0 Å². The van der Waals surface area contributed by atoms with Crippen molar-refractivity contribution in [2.24, 2.45) is 0 Å². The summed E-state index contributed by atoms with van der Waals surface area (Å²) in [4.78, 5) is 0. The Balaban J connectivity index is 2.64. The lowest BCUT2D eigenvalue weighted by Gasteiger charge is -2.39. The van der Waals surface area contributed by atoms with Gasteiger partial charge >= 0.3 is 0 Å². The smallest absolute Gasteiger partial charge is 0.116 e. The number of methoxy groups -OCH3 is 2. The minimum atomic E-state index is -0.156. The lowest BCUT2D eigenvalue weighted by molar-refractivity contribution is -0.191. The van der Waals surface area contributed by atoms with Crippen LogP contribution in [0.4, 0.5) is 0 Å². The molecule has 0 aliphatic carbocycles. The highest BCUT2D eigenvalue weighted by Crippen LogP contribution is 2.24. The highest BCUT2D eigenvalue weighted by atomic mass is 16.6. The molecule has 0 amide bonds. The number of hydrogen-bond acceptors (Lipinski definition) is 4. The first-order valence-corrected chi connectivity index (χ1v) is 4.90. The van der Waals surface area contributed by atoms with Crippen LogP contribution in [0.25, 0.3) is 0 Å². The summed E-state index contributed by atoms with van der Waals surface area (Å²) in [6, 6.07) is 0. The van der Waals surface area contributed by atoms with E-state index in [1.54, 1.807) is 20.8 Å². The zero-order valence-electron chi connectivity index (χ0n) is 9.23. The third-order valence-corrected chi connectivity index (χ3v) is 2.44. The number of hydrogen-bond donors (Lipinski definition) is 0. The Hall–Kier alpha value is -0.160. The van der Waals surface area contributed by atoms with Gasteiger partial charge in [0, 0.05) is 20.8 Å². The minimum Gasteiger partial charge on any atom is -0.376 e. The molecule has 0 saturated carbocycles. The van der Waals surface area contributed by atoms with E-state index in [1.807, 2.05) is 13.8 Å². The molecule has 0 bridgehead atoms. The fraction of sp³-hybridized carbons (Fsp3) is 0.900. The van der Waals surface area contributed by atoms with Crippen LogP contribution in [-0.2, 0) is 18.9 Å². The highest BCUT2D eigenvalue weighted by Gasteiger charge is 2.39. The van der Waals surface area contributed by atoms with E-state index in [-0.39, 0.29) is 24.4 Å². The van der Waals surface area contributed by atoms with E-state index in [9.17, 15) is 0 Å². The molecule has 4 atom stereocenters. The lowest BCUT2D eigenvalue weighted by Crippen LogP contribution is -2.52. The van der Waals surface area contributed by atoms with E-state index in [1.165, 1.54) is 0 Å². The van der Waals surface area contributed by atoms with Crippen molar-refractivity contribution in [1.29, 1.82) is 0 Å². The van der Waals surface area contributed by atoms with Crippen LogP contribution in [-0.4, -0.2) is 45.2 Å². The van der Waals surface area contributed by atoms with Crippen molar-refractivity contribution in [3.05, 3.63) is 6.61 Å². The summed E-state index contributed by atoms with van der Waals surface area (Å²) in [5, 5.41) is 0. The van der Waals surface area contributed by atoms with E-state index in [0.717, 1.165) is 0 Å². The number of ether oxygens (including phenoxy) is 4. The Bertz CT molecular complexity index is 162. The molecule has 1 aliphatic heterocycles. The van der Waals surface area contributed by atoms with E-state index in [4.69, 9.17) is 18.9 Å². The summed E-state index contributed by atoms with van der Waals surface area (Å²) in [6.07, 6.45) is -0.317. The molecule has 0 N–H and O–H groups in total. The van der Waals surface area contributed by atoms with Crippen LogP contribution in [0.3, 0.4) is 0 Å². The van der Waals surface area contributed by atoms with E-state index >= 15 is 0 Å². The second-order valence-corrected chi connectivity index (χ2v) is 3.30. The van der Waals surface area contributed by atoms with Crippen LogP contribution in [0.5, 0.6) is 0 Å². The topological polar surface area (TPSA) is 36.9 Å². The monoisotopic (exact) mass is 203 g/mol. The van der Waals surface area contributed by atoms with Gasteiger partial charge in [-0.2, -0.15) is 0 Å². The largest absolute Gasteiger partial charge is 0.376 e. The van der Waals surface area contributed by atoms with Crippen molar-refractivity contribution in [3.63, 3.8) is 0 Å². The molecular weight excluding hydrogens is 184 g/mol. The highest BCUT2D eigenvalue weighted by molar-refractivity contribution is 4.93. The van der Waals surface area contributed by atoms with E-state index < -0.39 is 0 Å². The Morgan fingerprint density at radius 3 is 2.43 bits per heavy atom. The van der Waals surface area contributed by atoms with Gasteiger partial charge in [-0.15, -0.1) is 0 Å². The Morgan fingerprint density at radius 1 is 1.21 bits per heavy atom. The maximum Gasteiger partial charge on any atom is 0.116 e. The molecular formula is C10H19O4. The molecule has 0 aromatic rings. The third-order valence-electron chi connectivity index (χ3n) is 2.44. The summed E-state index contributed by atoms with van der Waals surface area (Å²) >= 11 is 0. The van der Waals surface area contributed by atoms with Crippen molar-refractivity contribution < 1.29 is 18.9 Å².